The number of rotatable bonds is 3. The van der Waals surface area contributed by atoms with E-state index in [9.17, 15) is 9.59 Å². The van der Waals surface area contributed by atoms with Gasteiger partial charge in [-0.1, -0.05) is 6.07 Å². The Morgan fingerprint density at radius 1 is 1.21 bits per heavy atom. The Morgan fingerprint density at radius 2 is 2.00 bits per heavy atom. The van der Waals surface area contributed by atoms with Crippen molar-refractivity contribution in [3.63, 3.8) is 0 Å². The summed E-state index contributed by atoms with van der Waals surface area (Å²) in [5.74, 6) is -1.32. The van der Waals surface area contributed by atoms with Crippen molar-refractivity contribution in [1.82, 2.24) is 9.97 Å². The summed E-state index contributed by atoms with van der Waals surface area (Å²) in [6.45, 7) is 1.77. The number of aromatic nitrogens is 2. The Labute approximate surface area is 109 Å². The Kier molecular flexibility index (Phi) is 3.51. The third kappa shape index (κ3) is 2.92. The first kappa shape index (κ1) is 12.7. The number of hydrogen-bond donors (Lipinski definition) is 2. The molecule has 2 aromatic heterocycles. The van der Waals surface area contributed by atoms with Crippen LogP contribution in [0.2, 0.25) is 0 Å². The van der Waals surface area contributed by atoms with Gasteiger partial charge in [0.2, 0.25) is 0 Å². The van der Waals surface area contributed by atoms with E-state index in [4.69, 9.17) is 5.11 Å². The van der Waals surface area contributed by atoms with Gasteiger partial charge in [0.15, 0.2) is 0 Å². The molecule has 2 heterocycles. The average Bonchev–Trinajstić information content (AvgIpc) is 2.39. The lowest BCUT2D eigenvalue weighted by Crippen LogP contribution is -2.16. The highest BCUT2D eigenvalue weighted by atomic mass is 16.4. The number of hydrogen-bond acceptors (Lipinski definition) is 4. The maximum Gasteiger partial charge on any atom is 0.335 e. The van der Waals surface area contributed by atoms with Gasteiger partial charge in [-0.25, -0.2) is 9.78 Å². The number of carboxylic acids is 1. The number of aryl methyl sites for hydroxylation is 1. The van der Waals surface area contributed by atoms with Crippen LogP contribution in [0.4, 0.5) is 5.82 Å². The summed E-state index contributed by atoms with van der Waals surface area (Å²) in [7, 11) is 0. The maximum absolute atomic E-state index is 12.0. The van der Waals surface area contributed by atoms with Gasteiger partial charge in [-0.05, 0) is 30.7 Å². The molecule has 0 radical (unpaired) electrons. The summed E-state index contributed by atoms with van der Waals surface area (Å²) in [5.41, 5.74) is 1.07. The average molecular weight is 257 g/mol. The fourth-order valence-electron chi connectivity index (χ4n) is 1.53. The normalized spacial score (nSPS) is 9.95. The van der Waals surface area contributed by atoms with Gasteiger partial charge >= 0.3 is 5.97 Å². The van der Waals surface area contributed by atoms with E-state index in [1.54, 1.807) is 19.1 Å². The largest absolute Gasteiger partial charge is 0.478 e. The standard InChI is InChI=1S/C13H11N3O3/c1-8-3-2-5-15-11(8)12(17)16-10-7-9(13(18)19)4-6-14-10/h2-7H,1H3,(H,18,19)(H,14,16,17). The lowest BCUT2D eigenvalue weighted by Gasteiger charge is -2.06. The summed E-state index contributed by atoms with van der Waals surface area (Å²) < 4.78 is 0. The lowest BCUT2D eigenvalue weighted by molar-refractivity contribution is 0.0696. The predicted octanol–water partition coefficient (Wildman–Crippen LogP) is 1.74. The molecule has 2 aromatic rings. The first-order valence-electron chi connectivity index (χ1n) is 5.50. The molecule has 0 fully saturated rings. The highest BCUT2D eigenvalue weighted by Crippen LogP contribution is 2.10. The molecule has 0 aliphatic carbocycles. The van der Waals surface area contributed by atoms with Gasteiger partial charge in [0.25, 0.3) is 5.91 Å². The molecular formula is C13H11N3O3. The number of nitrogens with one attached hydrogen (secondary N) is 1. The van der Waals surface area contributed by atoms with Crippen LogP contribution < -0.4 is 5.32 Å². The first-order chi connectivity index (χ1) is 9.08. The lowest BCUT2D eigenvalue weighted by atomic mass is 10.2. The van der Waals surface area contributed by atoms with Crippen molar-refractivity contribution >= 4 is 17.7 Å². The van der Waals surface area contributed by atoms with E-state index in [0.717, 1.165) is 5.56 Å². The maximum atomic E-state index is 12.0. The summed E-state index contributed by atoms with van der Waals surface area (Å²) in [4.78, 5) is 30.6. The van der Waals surface area contributed by atoms with Crippen LogP contribution in [0, 0.1) is 6.92 Å². The Bertz CT molecular complexity index is 641. The molecule has 6 heteroatoms. The number of carbonyl (C=O) groups excluding carboxylic acids is 1. The van der Waals surface area contributed by atoms with Gasteiger partial charge in [0.05, 0.1) is 5.56 Å². The van der Waals surface area contributed by atoms with Gasteiger partial charge < -0.3 is 10.4 Å². The van der Waals surface area contributed by atoms with Crippen molar-refractivity contribution in [3.8, 4) is 0 Å². The smallest absolute Gasteiger partial charge is 0.335 e. The number of nitrogens with zero attached hydrogens (tertiary/aromatic N) is 2. The van der Waals surface area contributed by atoms with Crippen LogP contribution in [0.1, 0.15) is 26.4 Å². The number of carbonyl (C=O) groups is 2. The molecule has 0 aromatic carbocycles. The van der Waals surface area contributed by atoms with E-state index in [-0.39, 0.29) is 17.1 Å². The highest BCUT2D eigenvalue weighted by molar-refractivity contribution is 6.03. The number of aromatic carboxylic acids is 1. The van der Waals surface area contributed by atoms with Crippen LogP contribution in [0.3, 0.4) is 0 Å². The molecule has 2 N–H and O–H groups in total. The molecule has 0 spiro atoms. The number of amides is 1. The van der Waals surface area contributed by atoms with Crippen molar-refractivity contribution in [1.29, 1.82) is 0 Å². The van der Waals surface area contributed by atoms with Gasteiger partial charge in [-0.15, -0.1) is 0 Å². The molecule has 0 saturated heterocycles. The van der Waals surface area contributed by atoms with Crippen LogP contribution in [-0.4, -0.2) is 27.0 Å². The van der Waals surface area contributed by atoms with E-state index in [2.05, 4.69) is 15.3 Å². The van der Waals surface area contributed by atoms with Crippen LogP contribution in [0.25, 0.3) is 0 Å². The fourth-order valence-corrected chi connectivity index (χ4v) is 1.53. The Hall–Kier alpha value is -2.76. The SMILES string of the molecule is Cc1cccnc1C(=O)Nc1cc(C(=O)O)ccn1. The number of pyridine rings is 2. The highest BCUT2D eigenvalue weighted by Gasteiger charge is 2.12. The molecule has 2 rings (SSSR count). The van der Waals surface area contributed by atoms with E-state index < -0.39 is 11.9 Å². The van der Waals surface area contributed by atoms with Crippen LogP contribution in [-0.2, 0) is 0 Å². The quantitative estimate of drug-likeness (QED) is 0.873. The van der Waals surface area contributed by atoms with E-state index in [1.165, 1.54) is 24.5 Å². The minimum Gasteiger partial charge on any atom is -0.478 e. The van der Waals surface area contributed by atoms with Crippen LogP contribution in [0.5, 0.6) is 0 Å². The summed E-state index contributed by atoms with van der Waals surface area (Å²) >= 11 is 0. The summed E-state index contributed by atoms with van der Waals surface area (Å²) in [5, 5.41) is 11.4. The monoisotopic (exact) mass is 257 g/mol. The molecule has 0 unspecified atom stereocenters. The van der Waals surface area contributed by atoms with E-state index in [0.29, 0.717) is 0 Å². The minimum atomic E-state index is -1.08. The van der Waals surface area contributed by atoms with Gasteiger partial charge in [-0.2, -0.15) is 0 Å². The van der Waals surface area contributed by atoms with E-state index >= 15 is 0 Å². The Morgan fingerprint density at radius 3 is 2.68 bits per heavy atom. The van der Waals surface area contributed by atoms with Gasteiger partial charge in [0.1, 0.15) is 11.5 Å². The van der Waals surface area contributed by atoms with Crippen LogP contribution >= 0.6 is 0 Å². The minimum absolute atomic E-state index is 0.0584. The fraction of sp³-hybridized carbons (Fsp3) is 0.0769. The topological polar surface area (TPSA) is 92.2 Å². The van der Waals surface area contributed by atoms with E-state index in [1.807, 2.05) is 0 Å². The molecular weight excluding hydrogens is 246 g/mol. The van der Waals surface area contributed by atoms with Gasteiger partial charge in [-0.3, -0.25) is 9.78 Å². The second kappa shape index (κ2) is 5.26. The van der Waals surface area contributed by atoms with Crippen LogP contribution in [0.15, 0.2) is 36.7 Å². The molecule has 0 atom stereocenters. The summed E-state index contributed by atoms with van der Waals surface area (Å²) in [6.07, 6.45) is 2.84. The Balaban J connectivity index is 2.22. The molecule has 0 aliphatic rings. The summed E-state index contributed by atoms with van der Waals surface area (Å²) in [6, 6.07) is 6.14. The zero-order valence-electron chi connectivity index (χ0n) is 10.1. The molecule has 6 nitrogen and oxygen atoms in total. The molecule has 96 valence electrons. The first-order valence-corrected chi connectivity index (χ1v) is 5.50. The molecule has 0 bridgehead atoms. The van der Waals surface area contributed by atoms with Gasteiger partial charge in [0, 0.05) is 12.4 Å². The number of carboxylic acid groups (broad SMARTS) is 1. The van der Waals surface area contributed by atoms with Crippen molar-refractivity contribution < 1.29 is 14.7 Å². The number of anilines is 1. The predicted molar refractivity (Wildman–Crippen MR) is 68.1 cm³/mol. The third-order valence-corrected chi connectivity index (χ3v) is 2.47. The molecule has 0 aliphatic heterocycles. The zero-order chi connectivity index (χ0) is 13.8. The van der Waals surface area contributed by atoms with Crippen molar-refractivity contribution in [2.45, 2.75) is 6.92 Å². The third-order valence-electron chi connectivity index (χ3n) is 2.47. The molecule has 1 amide bonds. The second-order valence-corrected chi connectivity index (χ2v) is 3.86. The van der Waals surface area contributed by atoms with Crippen molar-refractivity contribution in [2.75, 3.05) is 5.32 Å². The zero-order valence-corrected chi connectivity index (χ0v) is 10.1. The molecule has 0 saturated carbocycles. The molecule has 19 heavy (non-hydrogen) atoms. The van der Waals surface area contributed by atoms with Crippen molar-refractivity contribution in [2.24, 2.45) is 0 Å². The second-order valence-electron chi connectivity index (χ2n) is 3.86. The van der Waals surface area contributed by atoms with Crippen molar-refractivity contribution in [3.05, 3.63) is 53.5 Å².